The summed E-state index contributed by atoms with van der Waals surface area (Å²) in [5.41, 5.74) is 2.99. The highest BCUT2D eigenvalue weighted by Crippen LogP contribution is 2.45. The maximum Gasteiger partial charge on any atom is 0.258 e. The summed E-state index contributed by atoms with van der Waals surface area (Å²) in [5, 5.41) is 4.30. The number of carbonyl (C=O) groups is 1. The van der Waals surface area contributed by atoms with E-state index >= 15 is 0 Å². The summed E-state index contributed by atoms with van der Waals surface area (Å²) in [4.78, 5) is 19.5. The maximum atomic E-state index is 14.1. The number of pyridine rings is 1. The van der Waals surface area contributed by atoms with Gasteiger partial charge in [0, 0.05) is 32.5 Å². The Morgan fingerprint density at radius 3 is 2.77 bits per heavy atom. The van der Waals surface area contributed by atoms with Crippen LogP contribution in [0.25, 0.3) is 21.3 Å². The molecule has 1 amide bonds. The number of hydrogen-bond donors (Lipinski definition) is 1. The van der Waals surface area contributed by atoms with E-state index in [1.54, 1.807) is 23.6 Å². The van der Waals surface area contributed by atoms with E-state index < -0.39 is 17.5 Å². The van der Waals surface area contributed by atoms with E-state index in [-0.39, 0.29) is 5.56 Å². The molecule has 2 aromatic carbocycles. The molecule has 0 unspecified atom stereocenters. The van der Waals surface area contributed by atoms with Crippen molar-refractivity contribution in [2.24, 2.45) is 0 Å². The number of carbonyl (C=O) groups excluding carboxylic acids is 1. The molecule has 4 aromatic rings. The smallest absolute Gasteiger partial charge is 0.258 e. The predicted molar refractivity (Wildman–Crippen MR) is 116 cm³/mol. The van der Waals surface area contributed by atoms with E-state index in [0.717, 1.165) is 52.7 Å². The third-order valence-electron chi connectivity index (χ3n) is 5.30. The van der Waals surface area contributed by atoms with Crippen LogP contribution in [-0.2, 0) is 12.8 Å². The van der Waals surface area contributed by atoms with Crippen LogP contribution >= 0.6 is 22.9 Å². The van der Waals surface area contributed by atoms with Crippen molar-refractivity contribution in [1.29, 1.82) is 0 Å². The van der Waals surface area contributed by atoms with Crippen LogP contribution in [0.1, 0.15) is 27.2 Å². The van der Waals surface area contributed by atoms with Crippen molar-refractivity contribution >= 4 is 44.7 Å². The van der Waals surface area contributed by atoms with Gasteiger partial charge in [0.25, 0.3) is 5.91 Å². The van der Waals surface area contributed by atoms with Crippen LogP contribution < -0.4 is 5.32 Å². The highest BCUT2D eigenvalue weighted by atomic mass is 35.5. The van der Waals surface area contributed by atoms with Crippen LogP contribution in [0.3, 0.4) is 0 Å². The van der Waals surface area contributed by atoms with Crippen molar-refractivity contribution in [3.63, 3.8) is 0 Å². The number of hydrogen-bond acceptors (Lipinski definition) is 3. The number of amides is 1. The Bertz CT molecular complexity index is 1320. The monoisotopic (exact) mass is 440 g/mol. The van der Waals surface area contributed by atoms with Gasteiger partial charge in [-0.15, -0.1) is 11.3 Å². The van der Waals surface area contributed by atoms with Gasteiger partial charge in [0.15, 0.2) is 0 Å². The number of anilines is 1. The van der Waals surface area contributed by atoms with Crippen molar-refractivity contribution in [2.45, 2.75) is 19.3 Å². The topological polar surface area (TPSA) is 42.0 Å². The normalized spacial score (nSPS) is 12.9. The molecular formula is C23H15ClF2N2OS. The molecule has 1 N–H and O–H groups in total. The molecule has 0 saturated heterocycles. The van der Waals surface area contributed by atoms with Crippen LogP contribution in [-0.4, -0.2) is 10.9 Å². The minimum Gasteiger partial charge on any atom is -0.320 e. The van der Waals surface area contributed by atoms with Gasteiger partial charge in [-0.1, -0.05) is 29.8 Å². The highest BCUT2D eigenvalue weighted by Gasteiger charge is 2.25. The van der Waals surface area contributed by atoms with E-state index in [4.69, 9.17) is 11.6 Å². The van der Waals surface area contributed by atoms with Crippen molar-refractivity contribution in [3.8, 4) is 11.1 Å². The number of benzene rings is 2. The first kappa shape index (κ1) is 19.2. The highest BCUT2D eigenvalue weighted by molar-refractivity contribution is 7.19. The molecule has 0 fully saturated rings. The fourth-order valence-electron chi connectivity index (χ4n) is 3.96. The van der Waals surface area contributed by atoms with Gasteiger partial charge in [0.1, 0.15) is 16.5 Å². The van der Waals surface area contributed by atoms with Crippen LogP contribution in [0.4, 0.5) is 14.5 Å². The summed E-state index contributed by atoms with van der Waals surface area (Å²) >= 11 is 8.17. The minimum atomic E-state index is -0.919. The Morgan fingerprint density at radius 1 is 1.13 bits per heavy atom. The summed E-state index contributed by atoms with van der Waals surface area (Å²) in [7, 11) is 0. The third-order valence-corrected chi connectivity index (χ3v) is 6.83. The first-order valence-electron chi connectivity index (χ1n) is 9.47. The van der Waals surface area contributed by atoms with E-state index in [9.17, 15) is 13.6 Å². The maximum absolute atomic E-state index is 14.1. The molecule has 0 aliphatic heterocycles. The molecule has 2 heterocycles. The van der Waals surface area contributed by atoms with E-state index in [0.29, 0.717) is 16.8 Å². The lowest BCUT2D eigenvalue weighted by Crippen LogP contribution is -2.15. The number of aromatic nitrogens is 1. The zero-order chi connectivity index (χ0) is 20.8. The van der Waals surface area contributed by atoms with Gasteiger partial charge >= 0.3 is 0 Å². The molecule has 7 heteroatoms. The fourth-order valence-corrected chi connectivity index (χ4v) is 5.43. The Balaban J connectivity index is 1.69. The second-order valence-electron chi connectivity index (χ2n) is 7.14. The number of rotatable bonds is 3. The van der Waals surface area contributed by atoms with Crippen molar-refractivity contribution < 1.29 is 13.6 Å². The number of nitrogens with one attached hydrogen (secondary N) is 1. The molecule has 5 rings (SSSR count). The molecule has 0 spiro atoms. The Kier molecular flexibility index (Phi) is 4.76. The Hall–Kier alpha value is -2.83. The van der Waals surface area contributed by atoms with Gasteiger partial charge in [-0.05, 0) is 43.0 Å². The van der Waals surface area contributed by atoms with Crippen molar-refractivity contribution in [3.05, 3.63) is 81.3 Å². The predicted octanol–water partition coefficient (Wildman–Crippen LogP) is 6.64. The number of fused-ring (bicyclic) bond motifs is 3. The second-order valence-corrected chi connectivity index (χ2v) is 8.63. The van der Waals surface area contributed by atoms with Crippen LogP contribution in [0.2, 0.25) is 5.02 Å². The second kappa shape index (κ2) is 7.45. The Morgan fingerprint density at radius 2 is 1.97 bits per heavy atom. The average Bonchev–Trinajstić information content (AvgIpc) is 3.30. The molecule has 150 valence electrons. The third kappa shape index (κ3) is 3.16. The molecule has 0 atom stereocenters. The number of thiophene rings is 1. The van der Waals surface area contributed by atoms with E-state index in [2.05, 4.69) is 10.3 Å². The fraction of sp³-hybridized carbons (Fsp3) is 0.130. The quantitative estimate of drug-likeness (QED) is 0.388. The number of halogens is 3. The van der Waals surface area contributed by atoms with Gasteiger partial charge in [-0.25, -0.2) is 13.8 Å². The number of aryl methyl sites for hydroxylation is 2. The van der Waals surface area contributed by atoms with Gasteiger partial charge in [0.2, 0.25) is 0 Å². The zero-order valence-electron chi connectivity index (χ0n) is 15.6. The van der Waals surface area contributed by atoms with Crippen LogP contribution in [0.5, 0.6) is 0 Å². The molecule has 0 saturated carbocycles. The SMILES string of the molecule is O=C(Nc1cnc2sc3c(c2c1-c1ccccc1Cl)CCC3)c1ccc(F)cc1F. The molecule has 1 aliphatic rings. The van der Waals surface area contributed by atoms with Gasteiger partial charge in [0.05, 0.1) is 17.4 Å². The lowest BCUT2D eigenvalue weighted by atomic mass is 9.98. The summed E-state index contributed by atoms with van der Waals surface area (Å²) in [5.74, 6) is -2.33. The largest absolute Gasteiger partial charge is 0.320 e. The first-order chi connectivity index (χ1) is 14.5. The molecule has 30 heavy (non-hydrogen) atoms. The standard InChI is InChI=1S/C23H15ClF2N2OS/c24-16-6-2-1-4-13(16)20-18(28-22(29)14-9-8-12(25)10-17(14)26)11-27-23-21(20)15-5-3-7-19(15)30-23/h1-2,4,6,8-11H,3,5,7H2,(H,28,29). The van der Waals surface area contributed by atoms with E-state index in [1.165, 1.54) is 10.4 Å². The summed E-state index contributed by atoms with van der Waals surface area (Å²) in [6.45, 7) is 0. The first-order valence-corrected chi connectivity index (χ1v) is 10.7. The molecular weight excluding hydrogens is 426 g/mol. The minimum absolute atomic E-state index is 0.239. The number of nitrogens with zero attached hydrogens (tertiary/aromatic N) is 1. The molecule has 0 bridgehead atoms. The molecule has 3 nitrogen and oxygen atoms in total. The summed E-state index contributed by atoms with van der Waals surface area (Å²) in [6, 6.07) is 10.3. The van der Waals surface area contributed by atoms with E-state index in [1.807, 2.05) is 18.2 Å². The lowest BCUT2D eigenvalue weighted by Gasteiger charge is -2.15. The van der Waals surface area contributed by atoms with Crippen LogP contribution in [0, 0.1) is 11.6 Å². The molecule has 2 aromatic heterocycles. The zero-order valence-corrected chi connectivity index (χ0v) is 17.2. The average molecular weight is 441 g/mol. The lowest BCUT2D eigenvalue weighted by molar-refractivity contribution is 0.102. The van der Waals surface area contributed by atoms with Crippen LogP contribution in [0.15, 0.2) is 48.7 Å². The van der Waals surface area contributed by atoms with Gasteiger partial charge < -0.3 is 5.32 Å². The molecule has 1 aliphatic carbocycles. The van der Waals surface area contributed by atoms with Crippen molar-refractivity contribution in [1.82, 2.24) is 4.98 Å². The summed E-state index contributed by atoms with van der Waals surface area (Å²) < 4.78 is 27.4. The molecule has 0 radical (unpaired) electrons. The summed E-state index contributed by atoms with van der Waals surface area (Å²) in [6.07, 6.45) is 4.61. The van der Waals surface area contributed by atoms with Gasteiger partial charge in [-0.2, -0.15) is 0 Å². The van der Waals surface area contributed by atoms with Gasteiger partial charge in [-0.3, -0.25) is 4.79 Å². The Labute approximate surface area is 180 Å². The van der Waals surface area contributed by atoms with Crippen molar-refractivity contribution in [2.75, 3.05) is 5.32 Å².